The monoisotopic (exact) mass is 172 g/mol. The van der Waals surface area contributed by atoms with E-state index in [9.17, 15) is 4.79 Å². The predicted molar refractivity (Wildman–Crippen MR) is 48.7 cm³/mol. The summed E-state index contributed by atoms with van der Waals surface area (Å²) >= 11 is 1.24. The van der Waals surface area contributed by atoms with Gasteiger partial charge in [-0.25, -0.2) is 4.79 Å². The zero-order chi connectivity index (χ0) is 8.85. The molecule has 0 aromatic carbocycles. The molecule has 62 valence electrons. The zero-order valence-corrected chi connectivity index (χ0v) is 7.57. The molecule has 0 saturated carbocycles. The highest BCUT2D eigenvalue weighted by atomic mass is 32.2. The van der Waals surface area contributed by atoms with E-state index in [1.54, 1.807) is 12.3 Å². The van der Waals surface area contributed by atoms with Crippen molar-refractivity contribution in [2.75, 3.05) is 6.26 Å². The van der Waals surface area contributed by atoms with Crippen LogP contribution in [0.25, 0.3) is 0 Å². The second kappa shape index (κ2) is 5.02. The highest BCUT2D eigenvalue weighted by Crippen LogP contribution is 2.19. The van der Waals surface area contributed by atoms with Gasteiger partial charge in [0.2, 0.25) is 0 Å². The Bertz CT molecular complexity index is 194. The number of rotatable bonds is 4. The SMILES string of the molecule is C=C/C(CC)=C(\SC)C(=O)O. The molecular formula is C8H12O2S. The third-order valence-corrected chi connectivity index (χ3v) is 2.16. The van der Waals surface area contributed by atoms with Crippen molar-refractivity contribution in [1.82, 2.24) is 0 Å². The van der Waals surface area contributed by atoms with Crippen molar-refractivity contribution < 1.29 is 9.90 Å². The van der Waals surface area contributed by atoms with Crippen LogP contribution in [0.1, 0.15) is 13.3 Å². The normalized spacial score (nSPS) is 12.2. The molecule has 0 amide bonds. The van der Waals surface area contributed by atoms with E-state index in [2.05, 4.69) is 6.58 Å². The molecule has 0 aliphatic carbocycles. The smallest absolute Gasteiger partial charge is 0.342 e. The average Bonchev–Trinajstić information content (AvgIpc) is 1.99. The van der Waals surface area contributed by atoms with E-state index < -0.39 is 5.97 Å². The van der Waals surface area contributed by atoms with E-state index in [1.807, 2.05) is 6.92 Å². The number of carbonyl (C=O) groups is 1. The third-order valence-electron chi connectivity index (χ3n) is 1.32. The lowest BCUT2D eigenvalue weighted by molar-refractivity contribution is -0.131. The van der Waals surface area contributed by atoms with Crippen LogP contribution >= 0.6 is 11.8 Å². The van der Waals surface area contributed by atoms with E-state index in [0.29, 0.717) is 11.3 Å². The molecule has 0 spiro atoms. The van der Waals surface area contributed by atoms with Gasteiger partial charge in [0.1, 0.15) is 0 Å². The van der Waals surface area contributed by atoms with Gasteiger partial charge in [-0.3, -0.25) is 0 Å². The molecule has 0 fully saturated rings. The van der Waals surface area contributed by atoms with Gasteiger partial charge in [-0.15, -0.1) is 11.8 Å². The van der Waals surface area contributed by atoms with Crippen molar-refractivity contribution in [3.63, 3.8) is 0 Å². The van der Waals surface area contributed by atoms with Crippen molar-refractivity contribution >= 4 is 17.7 Å². The summed E-state index contributed by atoms with van der Waals surface area (Å²) in [5.41, 5.74) is 0.796. The van der Waals surface area contributed by atoms with Crippen LogP contribution in [0.5, 0.6) is 0 Å². The van der Waals surface area contributed by atoms with Crippen molar-refractivity contribution in [3.05, 3.63) is 23.1 Å². The second-order valence-electron chi connectivity index (χ2n) is 1.92. The maximum Gasteiger partial charge on any atom is 0.342 e. The maximum atomic E-state index is 10.6. The second-order valence-corrected chi connectivity index (χ2v) is 2.74. The van der Waals surface area contributed by atoms with Crippen molar-refractivity contribution in [3.8, 4) is 0 Å². The summed E-state index contributed by atoms with van der Waals surface area (Å²) in [6.45, 7) is 5.46. The lowest BCUT2D eigenvalue weighted by atomic mass is 10.2. The number of carboxylic acid groups (broad SMARTS) is 1. The molecule has 11 heavy (non-hydrogen) atoms. The van der Waals surface area contributed by atoms with Gasteiger partial charge in [-0.1, -0.05) is 19.6 Å². The summed E-state index contributed by atoms with van der Waals surface area (Å²) in [6, 6.07) is 0. The summed E-state index contributed by atoms with van der Waals surface area (Å²) < 4.78 is 0. The quantitative estimate of drug-likeness (QED) is 0.522. The Morgan fingerprint density at radius 2 is 2.27 bits per heavy atom. The summed E-state index contributed by atoms with van der Waals surface area (Å²) in [5, 5.41) is 8.68. The number of aliphatic carboxylic acids is 1. The van der Waals surface area contributed by atoms with Crippen LogP contribution in [0.2, 0.25) is 0 Å². The van der Waals surface area contributed by atoms with Crippen LogP contribution in [0.3, 0.4) is 0 Å². The first-order valence-corrected chi connectivity index (χ1v) is 4.52. The van der Waals surface area contributed by atoms with Gasteiger partial charge in [-0.05, 0) is 18.2 Å². The summed E-state index contributed by atoms with van der Waals surface area (Å²) in [6.07, 6.45) is 4.06. The molecule has 0 saturated heterocycles. The molecule has 3 heteroatoms. The van der Waals surface area contributed by atoms with Crippen molar-refractivity contribution in [1.29, 1.82) is 0 Å². The fraction of sp³-hybridized carbons (Fsp3) is 0.375. The van der Waals surface area contributed by atoms with E-state index in [-0.39, 0.29) is 0 Å². The Labute approximate surface area is 71.0 Å². The van der Waals surface area contributed by atoms with Gasteiger partial charge in [0.15, 0.2) is 0 Å². The first-order valence-electron chi connectivity index (χ1n) is 3.30. The van der Waals surface area contributed by atoms with Crippen LogP contribution in [-0.4, -0.2) is 17.3 Å². The van der Waals surface area contributed by atoms with Gasteiger partial charge >= 0.3 is 5.97 Å². The topological polar surface area (TPSA) is 37.3 Å². The molecular weight excluding hydrogens is 160 g/mol. The molecule has 0 atom stereocenters. The Morgan fingerprint density at radius 1 is 1.73 bits per heavy atom. The van der Waals surface area contributed by atoms with Gasteiger partial charge in [0.25, 0.3) is 0 Å². The zero-order valence-electron chi connectivity index (χ0n) is 6.76. The number of hydrogen-bond acceptors (Lipinski definition) is 2. The minimum absolute atomic E-state index is 0.391. The molecule has 2 nitrogen and oxygen atoms in total. The van der Waals surface area contributed by atoms with Gasteiger partial charge in [0.05, 0.1) is 4.91 Å². The molecule has 0 radical (unpaired) electrons. The molecule has 0 rings (SSSR count). The molecule has 0 aromatic rings. The molecule has 0 bridgehead atoms. The van der Waals surface area contributed by atoms with Gasteiger partial charge in [0, 0.05) is 0 Å². The first kappa shape index (κ1) is 10.3. The van der Waals surface area contributed by atoms with E-state index in [0.717, 1.165) is 5.57 Å². The maximum absolute atomic E-state index is 10.6. The van der Waals surface area contributed by atoms with Crippen LogP contribution in [0.4, 0.5) is 0 Å². The lowest BCUT2D eigenvalue weighted by Gasteiger charge is -2.02. The minimum Gasteiger partial charge on any atom is -0.477 e. The van der Waals surface area contributed by atoms with Crippen molar-refractivity contribution in [2.24, 2.45) is 0 Å². The van der Waals surface area contributed by atoms with Crippen LogP contribution in [0.15, 0.2) is 23.1 Å². The number of allylic oxidation sites excluding steroid dienone is 2. The van der Waals surface area contributed by atoms with Gasteiger partial charge in [-0.2, -0.15) is 0 Å². The molecule has 0 aliphatic heterocycles. The Kier molecular flexibility index (Phi) is 4.70. The molecule has 1 N–H and O–H groups in total. The summed E-state index contributed by atoms with van der Waals surface area (Å²) in [4.78, 5) is 11.0. The Hall–Kier alpha value is -0.700. The molecule has 0 aromatic heterocycles. The molecule has 0 aliphatic rings. The Balaban J connectivity index is 4.76. The largest absolute Gasteiger partial charge is 0.477 e. The fourth-order valence-corrected chi connectivity index (χ4v) is 1.42. The number of hydrogen-bond donors (Lipinski definition) is 1. The van der Waals surface area contributed by atoms with Gasteiger partial charge < -0.3 is 5.11 Å². The minimum atomic E-state index is -0.866. The molecule has 0 heterocycles. The lowest BCUT2D eigenvalue weighted by Crippen LogP contribution is -1.99. The first-order chi connectivity index (χ1) is 5.17. The number of thioether (sulfide) groups is 1. The van der Waals surface area contributed by atoms with E-state index >= 15 is 0 Å². The van der Waals surface area contributed by atoms with Crippen LogP contribution < -0.4 is 0 Å². The predicted octanol–water partition coefficient (Wildman–Crippen LogP) is 2.28. The standard InChI is InChI=1S/C8H12O2S/c1-4-6(5-2)7(11-3)8(9)10/h4H,1,5H2,2-3H3,(H,9,10)/b7-6+. The van der Waals surface area contributed by atoms with Crippen molar-refractivity contribution in [2.45, 2.75) is 13.3 Å². The third kappa shape index (κ3) is 2.80. The van der Waals surface area contributed by atoms with Crippen LogP contribution in [0, 0.1) is 0 Å². The highest BCUT2D eigenvalue weighted by Gasteiger charge is 2.08. The average molecular weight is 172 g/mol. The highest BCUT2D eigenvalue weighted by molar-refractivity contribution is 8.03. The summed E-state index contributed by atoms with van der Waals surface area (Å²) in [5.74, 6) is -0.866. The Morgan fingerprint density at radius 3 is 2.36 bits per heavy atom. The number of carboxylic acids is 1. The fourth-order valence-electron chi connectivity index (χ4n) is 0.753. The molecule has 0 unspecified atom stereocenters. The summed E-state index contributed by atoms with van der Waals surface area (Å²) in [7, 11) is 0. The van der Waals surface area contributed by atoms with E-state index in [1.165, 1.54) is 11.8 Å². The van der Waals surface area contributed by atoms with E-state index in [4.69, 9.17) is 5.11 Å². The van der Waals surface area contributed by atoms with Crippen LogP contribution in [-0.2, 0) is 4.79 Å².